The molecule has 3 unspecified atom stereocenters. The third-order valence-electron chi connectivity index (χ3n) is 13.4. The average molecular weight is 503 g/mol. The fraction of sp³-hybridized carbons (Fsp3) is 0.867. The van der Waals surface area contributed by atoms with Crippen LogP contribution in [0.2, 0.25) is 0 Å². The summed E-state index contributed by atoms with van der Waals surface area (Å²) < 4.78 is 0. The molecule has 6 nitrogen and oxygen atoms in total. The summed E-state index contributed by atoms with van der Waals surface area (Å²) in [6, 6.07) is 0. The van der Waals surface area contributed by atoms with Gasteiger partial charge in [0.25, 0.3) is 0 Å². The maximum Gasteiger partial charge on any atom is 0.310 e. The summed E-state index contributed by atoms with van der Waals surface area (Å²) in [5, 5.41) is 44.7. The lowest BCUT2D eigenvalue weighted by Gasteiger charge is -2.72. The molecule has 4 fully saturated rings. The molecule has 0 saturated heterocycles. The van der Waals surface area contributed by atoms with Gasteiger partial charge in [-0.2, -0.15) is 0 Å². The molecule has 0 radical (unpaired) electrons. The highest BCUT2D eigenvalue weighted by molar-refractivity contribution is 5.90. The lowest BCUT2D eigenvalue weighted by atomic mass is 9.32. The van der Waals surface area contributed by atoms with Crippen LogP contribution >= 0.6 is 0 Å². The SMILES string of the molecule is CC1CC[C@]2(C(=O)O)CC[C@]3(C)C(=CC[C@@H]4[C@@]5(C)C(O)C(=O)C(O)C(C)(C)[C@@H]5CC[C@]43C)[C@@H]2[C@]1(C)O. The summed E-state index contributed by atoms with van der Waals surface area (Å²) in [6.45, 7) is 14.4. The Kier molecular flexibility index (Phi) is 5.45. The predicted molar refractivity (Wildman–Crippen MR) is 136 cm³/mol. The van der Waals surface area contributed by atoms with Gasteiger partial charge in [-0.25, -0.2) is 0 Å². The standard InChI is InChI=1S/C30H46O6/c1-16-10-13-30(24(34)35)15-14-26(4)17(21(30)29(16,7)36)8-9-19-27(26,5)12-11-18-25(2,3)22(32)20(31)23(33)28(18,19)6/h8,16,18-19,21-23,32-33,36H,9-15H2,1-7H3,(H,34,35)/t16?,18-,19-,21+,22?,23?,26+,27+,28-,29+,30-/m0/s1. The van der Waals surface area contributed by atoms with E-state index in [4.69, 9.17) is 0 Å². The molecule has 5 aliphatic rings. The van der Waals surface area contributed by atoms with Crippen LogP contribution in [0.4, 0.5) is 0 Å². The second kappa shape index (κ2) is 7.45. The number of carboxylic acids is 1. The minimum atomic E-state index is -1.23. The first-order valence-corrected chi connectivity index (χ1v) is 14.0. The van der Waals surface area contributed by atoms with Gasteiger partial charge in [0.05, 0.1) is 11.0 Å². The van der Waals surface area contributed by atoms with E-state index in [0.717, 1.165) is 24.8 Å². The number of carbonyl (C=O) groups is 2. The first-order chi connectivity index (χ1) is 16.4. The van der Waals surface area contributed by atoms with Crippen LogP contribution < -0.4 is 0 Å². The van der Waals surface area contributed by atoms with Crippen molar-refractivity contribution in [3.05, 3.63) is 11.6 Å². The molecular weight excluding hydrogens is 456 g/mol. The Morgan fingerprint density at radius 1 is 0.917 bits per heavy atom. The molecule has 36 heavy (non-hydrogen) atoms. The quantitative estimate of drug-likeness (QED) is 0.396. The van der Waals surface area contributed by atoms with Crippen molar-refractivity contribution in [1.29, 1.82) is 0 Å². The average Bonchev–Trinajstić information content (AvgIpc) is 2.79. The van der Waals surface area contributed by atoms with E-state index >= 15 is 0 Å². The van der Waals surface area contributed by atoms with Gasteiger partial charge in [0.1, 0.15) is 12.2 Å². The first kappa shape index (κ1) is 26.4. The number of carboxylic acid groups (broad SMARTS) is 1. The second-order valence-electron chi connectivity index (χ2n) is 14.7. The number of aliphatic hydroxyl groups excluding tert-OH is 2. The Hall–Kier alpha value is -1.24. The molecule has 5 aliphatic carbocycles. The van der Waals surface area contributed by atoms with Crippen LogP contribution in [0.1, 0.15) is 93.4 Å². The van der Waals surface area contributed by atoms with Gasteiger partial charge >= 0.3 is 5.97 Å². The molecule has 6 heteroatoms. The van der Waals surface area contributed by atoms with Crippen molar-refractivity contribution < 1.29 is 30.0 Å². The minimum Gasteiger partial charge on any atom is -0.481 e. The Morgan fingerprint density at radius 2 is 1.56 bits per heavy atom. The van der Waals surface area contributed by atoms with Crippen LogP contribution in [0.15, 0.2) is 11.6 Å². The normalized spacial score (nSPS) is 55.9. The molecular formula is C30H46O6. The number of ketones is 1. The van der Waals surface area contributed by atoms with E-state index in [2.05, 4.69) is 26.8 Å². The summed E-state index contributed by atoms with van der Waals surface area (Å²) >= 11 is 0. The summed E-state index contributed by atoms with van der Waals surface area (Å²) in [5.74, 6) is -1.73. The number of hydrogen-bond donors (Lipinski definition) is 4. The summed E-state index contributed by atoms with van der Waals surface area (Å²) in [4.78, 5) is 26.0. The molecule has 4 N–H and O–H groups in total. The number of hydrogen-bond acceptors (Lipinski definition) is 5. The zero-order chi connectivity index (χ0) is 26.9. The highest BCUT2D eigenvalue weighted by atomic mass is 16.4. The Balaban J connectivity index is 1.68. The highest BCUT2D eigenvalue weighted by Crippen LogP contribution is 2.75. The van der Waals surface area contributed by atoms with E-state index in [9.17, 15) is 30.0 Å². The molecule has 202 valence electrons. The van der Waals surface area contributed by atoms with Gasteiger partial charge in [-0.3, -0.25) is 9.59 Å². The minimum absolute atomic E-state index is 0.00270. The van der Waals surface area contributed by atoms with Crippen molar-refractivity contribution in [2.24, 2.45) is 50.7 Å². The van der Waals surface area contributed by atoms with Crippen molar-refractivity contribution in [2.45, 2.75) is 111 Å². The maximum absolute atomic E-state index is 13.2. The smallest absolute Gasteiger partial charge is 0.310 e. The molecule has 11 atom stereocenters. The van der Waals surface area contributed by atoms with Gasteiger partial charge in [0, 0.05) is 16.7 Å². The molecule has 5 rings (SSSR count). The van der Waals surface area contributed by atoms with Gasteiger partial charge in [0.15, 0.2) is 5.78 Å². The van der Waals surface area contributed by atoms with Crippen molar-refractivity contribution in [3.8, 4) is 0 Å². The molecule has 0 heterocycles. The van der Waals surface area contributed by atoms with E-state index in [-0.39, 0.29) is 28.6 Å². The zero-order valence-corrected chi connectivity index (χ0v) is 23.1. The van der Waals surface area contributed by atoms with Crippen LogP contribution in [0.5, 0.6) is 0 Å². The number of aliphatic hydroxyl groups is 3. The molecule has 0 amide bonds. The molecule has 0 aromatic heterocycles. The third-order valence-corrected chi connectivity index (χ3v) is 13.4. The topological polar surface area (TPSA) is 115 Å². The van der Waals surface area contributed by atoms with Crippen LogP contribution in [0.3, 0.4) is 0 Å². The number of carbonyl (C=O) groups excluding carboxylic acids is 1. The number of rotatable bonds is 1. The number of Topliss-reactive ketones (excluding diaryl/α,β-unsaturated/α-hetero) is 1. The van der Waals surface area contributed by atoms with Gasteiger partial charge in [-0.1, -0.05) is 53.2 Å². The van der Waals surface area contributed by atoms with Crippen LogP contribution in [0, 0.1) is 50.7 Å². The first-order valence-electron chi connectivity index (χ1n) is 14.0. The molecule has 0 aromatic rings. The van der Waals surface area contributed by atoms with E-state index in [1.165, 1.54) is 0 Å². The Bertz CT molecular complexity index is 1030. The van der Waals surface area contributed by atoms with Crippen LogP contribution in [-0.2, 0) is 9.59 Å². The lowest BCUT2D eigenvalue weighted by molar-refractivity contribution is -0.238. The van der Waals surface area contributed by atoms with Crippen LogP contribution in [-0.4, -0.2) is 50.0 Å². The van der Waals surface area contributed by atoms with Crippen molar-refractivity contribution in [1.82, 2.24) is 0 Å². The number of allylic oxidation sites excluding steroid dienone is 1. The summed E-state index contributed by atoms with van der Waals surface area (Å²) in [5.41, 5.74) is -2.95. The number of fused-ring (bicyclic) bond motifs is 7. The molecule has 0 aliphatic heterocycles. The molecule has 0 bridgehead atoms. The molecule has 4 saturated carbocycles. The van der Waals surface area contributed by atoms with E-state index < -0.39 is 51.7 Å². The van der Waals surface area contributed by atoms with Gasteiger partial charge in [0.2, 0.25) is 0 Å². The Labute approximate surface area is 215 Å². The van der Waals surface area contributed by atoms with Crippen molar-refractivity contribution in [2.75, 3.05) is 0 Å². The van der Waals surface area contributed by atoms with E-state index in [1.54, 1.807) is 0 Å². The largest absolute Gasteiger partial charge is 0.481 e. The molecule has 0 aromatic carbocycles. The third kappa shape index (κ3) is 2.74. The zero-order valence-electron chi connectivity index (χ0n) is 23.1. The van der Waals surface area contributed by atoms with Gasteiger partial charge < -0.3 is 20.4 Å². The summed E-state index contributed by atoms with van der Waals surface area (Å²) in [6.07, 6.45) is 4.63. The predicted octanol–water partition coefficient (Wildman–Crippen LogP) is 4.35. The van der Waals surface area contributed by atoms with Crippen molar-refractivity contribution in [3.63, 3.8) is 0 Å². The fourth-order valence-corrected chi connectivity index (χ4v) is 10.7. The van der Waals surface area contributed by atoms with Gasteiger partial charge in [-0.05, 0) is 80.5 Å². The maximum atomic E-state index is 13.2. The second-order valence-corrected chi connectivity index (χ2v) is 14.7. The van der Waals surface area contributed by atoms with E-state index in [0.29, 0.717) is 25.7 Å². The van der Waals surface area contributed by atoms with Gasteiger partial charge in [-0.15, -0.1) is 0 Å². The number of aliphatic carboxylic acids is 1. The van der Waals surface area contributed by atoms with Crippen LogP contribution in [0.25, 0.3) is 0 Å². The molecule has 0 spiro atoms. The van der Waals surface area contributed by atoms with Crippen molar-refractivity contribution >= 4 is 11.8 Å². The fourth-order valence-electron chi connectivity index (χ4n) is 10.7. The summed E-state index contributed by atoms with van der Waals surface area (Å²) in [7, 11) is 0. The monoisotopic (exact) mass is 502 g/mol. The Morgan fingerprint density at radius 3 is 2.17 bits per heavy atom. The lowest BCUT2D eigenvalue weighted by Crippen LogP contribution is -2.71. The van der Waals surface area contributed by atoms with E-state index in [1.807, 2.05) is 27.7 Å². The highest BCUT2D eigenvalue weighted by Gasteiger charge is 2.73.